The average molecular weight is 309 g/mol. The molecule has 0 aliphatic rings. The van der Waals surface area contributed by atoms with E-state index < -0.39 is 0 Å². The first-order valence-electron chi connectivity index (χ1n) is 5.51. The van der Waals surface area contributed by atoms with Crippen molar-refractivity contribution in [1.29, 1.82) is 0 Å². The zero-order valence-corrected chi connectivity index (χ0v) is 11.7. The molecule has 1 amide bonds. The van der Waals surface area contributed by atoms with Crippen molar-refractivity contribution in [2.45, 2.75) is 20.3 Å². The molecule has 0 spiro atoms. The molecule has 0 saturated heterocycles. The molecule has 2 rings (SSSR count). The highest BCUT2D eigenvalue weighted by atomic mass is 79.9. The van der Waals surface area contributed by atoms with Crippen molar-refractivity contribution in [2.75, 3.05) is 5.32 Å². The normalized spacial score (nSPS) is 10.4. The van der Waals surface area contributed by atoms with Crippen molar-refractivity contribution < 1.29 is 9.21 Å². The number of rotatable bonds is 3. The van der Waals surface area contributed by atoms with Gasteiger partial charge in [-0.2, -0.15) is 0 Å². The average Bonchev–Trinajstić information content (AvgIpc) is 2.70. The lowest BCUT2D eigenvalue weighted by atomic mass is 10.2. The van der Waals surface area contributed by atoms with Crippen LogP contribution in [-0.4, -0.2) is 10.9 Å². The van der Waals surface area contributed by atoms with Gasteiger partial charge < -0.3 is 9.73 Å². The molecule has 18 heavy (non-hydrogen) atoms. The SMILES string of the molecule is Cc1cc(NC(=O)Cc2ocnc2C)ccc1Br. The standard InChI is InChI=1S/C13H13BrN2O2/c1-8-5-10(3-4-11(8)14)16-13(17)6-12-9(2)15-7-18-12/h3-5,7H,6H2,1-2H3,(H,16,17). The number of amides is 1. The summed E-state index contributed by atoms with van der Waals surface area (Å²) in [5.74, 6) is 0.484. The van der Waals surface area contributed by atoms with Crippen LogP contribution in [-0.2, 0) is 11.2 Å². The van der Waals surface area contributed by atoms with Crippen LogP contribution in [0.1, 0.15) is 17.0 Å². The number of nitrogens with one attached hydrogen (secondary N) is 1. The Morgan fingerprint density at radius 1 is 1.44 bits per heavy atom. The Labute approximate surface area is 114 Å². The number of aryl methyl sites for hydroxylation is 2. The number of oxazole rings is 1. The molecule has 1 heterocycles. The smallest absolute Gasteiger partial charge is 0.232 e. The fourth-order valence-corrected chi connectivity index (χ4v) is 1.82. The number of nitrogens with zero attached hydrogens (tertiary/aromatic N) is 1. The van der Waals surface area contributed by atoms with Crippen LogP contribution in [0.2, 0.25) is 0 Å². The van der Waals surface area contributed by atoms with E-state index in [1.807, 2.05) is 32.0 Å². The number of anilines is 1. The molecule has 0 radical (unpaired) electrons. The van der Waals surface area contributed by atoms with Gasteiger partial charge in [-0.1, -0.05) is 15.9 Å². The van der Waals surface area contributed by atoms with Crippen LogP contribution in [0.15, 0.2) is 33.5 Å². The molecule has 94 valence electrons. The van der Waals surface area contributed by atoms with Crippen molar-refractivity contribution in [1.82, 2.24) is 4.98 Å². The summed E-state index contributed by atoms with van der Waals surface area (Å²) in [4.78, 5) is 15.8. The Kier molecular flexibility index (Phi) is 3.81. The summed E-state index contributed by atoms with van der Waals surface area (Å²) in [6, 6.07) is 5.67. The molecular formula is C13H13BrN2O2. The van der Waals surface area contributed by atoms with E-state index in [0.717, 1.165) is 21.4 Å². The van der Waals surface area contributed by atoms with Crippen molar-refractivity contribution >= 4 is 27.5 Å². The first-order valence-corrected chi connectivity index (χ1v) is 6.30. The van der Waals surface area contributed by atoms with E-state index >= 15 is 0 Å². The molecule has 1 aromatic carbocycles. The Morgan fingerprint density at radius 2 is 2.22 bits per heavy atom. The minimum Gasteiger partial charge on any atom is -0.448 e. The Bertz CT molecular complexity index is 578. The first-order chi connectivity index (χ1) is 8.56. The van der Waals surface area contributed by atoms with E-state index in [9.17, 15) is 4.79 Å². The summed E-state index contributed by atoms with van der Waals surface area (Å²) in [7, 11) is 0. The van der Waals surface area contributed by atoms with E-state index in [-0.39, 0.29) is 12.3 Å². The fraction of sp³-hybridized carbons (Fsp3) is 0.231. The van der Waals surface area contributed by atoms with Crippen molar-refractivity contribution in [2.24, 2.45) is 0 Å². The molecule has 0 aliphatic heterocycles. The van der Waals surface area contributed by atoms with Gasteiger partial charge in [0, 0.05) is 10.2 Å². The van der Waals surface area contributed by atoms with E-state index in [1.54, 1.807) is 0 Å². The molecule has 0 saturated carbocycles. The van der Waals surface area contributed by atoms with Crippen molar-refractivity contribution in [3.05, 3.63) is 46.1 Å². The predicted molar refractivity (Wildman–Crippen MR) is 72.5 cm³/mol. The lowest BCUT2D eigenvalue weighted by Crippen LogP contribution is -2.14. The molecule has 0 unspecified atom stereocenters. The third kappa shape index (κ3) is 2.98. The van der Waals surface area contributed by atoms with Gasteiger partial charge in [0.1, 0.15) is 5.76 Å². The number of aromatic nitrogens is 1. The number of hydrogen-bond acceptors (Lipinski definition) is 3. The topological polar surface area (TPSA) is 55.1 Å². The highest BCUT2D eigenvalue weighted by molar-refractivity contribution is 9.10. The third-order valence-corrected chi connectivity index (χ3v) is 3.50. The molecule has 1 N–H and O–H groups in total. The number of carbonyl (C=O) groups excluding carboxylic acids is 1. The van der Waals surface area contributed by atoms with Crippen LogP contribution in [0.4, 0.5) is 5.69 Å². The van der Waals surface area contributed by atoms with E-state index in [1.165, 1.54) is 6.39 Å². The summed E-state index contributed by atoms with van der Waals surface area (Å²) in [5, 5.41) is 2.83. The predicted octanol–water partition coefficient (Wildman–Crippen LogP) is 3.24. The molecule has 0 atom stereocenters. The highest BCUT2D eigenvalue weighted by Crippen LogP contribution is 2.20. The Balaban J connectivity index is 2.03. The fourth-order valence-electron chi connectivity index (χ4n) is 1.57. The summed E-state index contributed by atoms with van der Waals surface area (Å²) < 4.78 is 6.16. The van der Waals surface area contributed by atoms with Gasteiger partial charge in [-0.15, -0.1) is 0 Å². The van der Waals surface area contributed by atoms with E-state index in [4.69, 9.17) is 4.42 Å². The molecule has 0 fully saturated rings. The first kappa shape index (κ1) is 12.8. The molecule has 4 nitrogen and oxygen atoms in total. The van der Waals surface area contributed by atoms with Gasteiger partial charge in [-0.3, -0.25) is 4.79 Å². The molecule has 0 bridgehead atoms. The van der Waals surface area contributed by atoms with Crippen LogP contribution in [0.5, 0.6) is 0 Å². The van der Waals surface area contributed by atoms with Crippen LogP contribution < -0.4 is 5.32 Å². The zero-order valence-electron chi connectivity index (χ0n) is 10.2. The Hall–Kier alpha value is -1.62. The van der Waals surface area contributed by atoms with Gasteiger partial charge in [0.25, 0.3) is 0 Å². The van der Waals surface area contributed by atoms with E-state index in [2.05, 4.69) is 26.2 Å². The van der Waals surface area contributed by atoms with Crippen LogP contribution in [0.3, 0.4) is 0 Å². The summed E-state index contributed by atoms with van der Waals surface area (Å²) >= 11 is 3.42. The second kappa shape index (κ2) is 5.35. The van der Waals surface area contributed by atoms with Gasteiger partial charge in [-0.05, 0) is 37.6 Å². The lowest BCUT2D eigenvalue weighted by molar-refractivity contribution is -0.115. The van der Waals surface area contributed by atoms with Crippen LogP contribution in [0.25, 0.3) is 0 Å². The maximum absolute atomic E-state index is 11.8. The minimum absolute atomic E-state index is 0.114. The summed E-state index contributed by atoms with van der Waals surface area (Å²) in [5.41, 5.74) is 2.60. The van der Waals surface area contributed by atoms with Crippen LogP contribution >= 0.6 is 15.9 Å². The van der Waals surface area contributed by atoms with Crippen molar-refractivity contribution in [3.63, 3.8) is 0 Å². The molecular weight excluding hydrogens is 296 g/mol. The zero-order chi connectivity index (χ0) is 13.1. The number of halogens is 1. The number of hydrogen-bond donors (Lipinski definition) is 1. The number of benzene rings is 1. The van der Waals surface area contributed by atoms with Crippen molar-refractivity contribution in [3.8, 4) is 0 Å². The van der Waals surface area contributed by atoms with Gasteiger partial charge in [0.15, 0.2) is 6.39 Å². The third-order valence-electron chi connectivity index (χ3n) is 2.61. The number of carbonyl (C=O) groups is 1. The van der Waals surface area contributed by atoms with Crippen LogP contribution in [0, 0.1) is 13.8 Å². The molecule has 2 aromatic rings. The van der Waals surface area contributed by atoms with Gasteiger partial charge in [0.05, 0.1) is 12.1 Å². The molecule has 0 aliphatic carbocycles. The molecule has 5 heteroatoms. The maximum atomic E-state index is 11.8. The largest absolute Gasteiger partial charge is 0.448 e. The maximum Gasteiger partial charge on any atom is 0.232 e. The monoisotopic (exact) mass is 308 g/mol. The van der Waals surface area contributed by atoms with Gasteiger partial charge in [0.2, 0.25) is 5.91 Å². The van der Waals surface area contributed by atoms with E-state index in [0.29, 0.717) is 5.76 Å². The quantitative estimate of drug-likeness (QED) is 0.947. The highest BCUT2D eigenvalue weighted by Gasteiger charge is 2.10. The minimum atomic E-state index is -0.114. The summed E-state index contributed by atoms with van der Waals surface area (Å²) in [6.45, 7) is 3.79. The summed E-state index contributed by atoms with van der Waals surface area (Å²) in [6.07, 6.45) is 1.54. The second-order valence-electron chi connectivity index (χ2n) is 4.05. The van der Waals surface area contributed by atoms with Gasteiger partial charge in [-0.25, -0.2) is 4.98 Å². The Morgan fingerprint density at radius 3 is 2.83 bits per heavy atom. The molecule has 1 aromatic heterocycles. The second-order valence-corrected chi connectivity index (χ2v) is 4.90. The van der Waals surface area contributed by atoms with Gasteiger partial charge >= 0.3 is 0 Å². The lowest BCUT2D eigenvalue weighted by Gasteiger charge is -2.06.